The molecule has 0 heterocycles. The van der Waals surface area contributed by atoms with Crippen LogP contribution in [0.1, 0.15) is 49.8 Å². The fraction of sp³-hybridized carbons (Fsp3) is 0.533. The van der Waals surface area contributed by atoms with Crippen LogP contribution in [0.15, 0.2) is 12.1 Å². The molecule has 2 heteroatoms. The molecule has 0 N–H and O–H groups in total. The monoisotopic (exact) mass is 233 g/mol. The smallest absolute Gasteiger partial charge is 0.313 e. The highest BCUT2D eigenvalue weighted by molar-refractivity contribution is 5.78. The Morgan fingerprint density at radius 3 is 2.29 bits per heavy atom. The Balaban J connectivity index is 2.81. The minimum absolute atomic E-state index is 0.0116. The number of benzene rings is 1. The van der Waals surface area contributed by atoms with Crippen molar-refractivity contribution >= 4 is 5.97 Å². The van der Waals surface area contributed by atoms with Crippen molar-refractivity contribution in [2.45, 2.75) is 53.1 Å². The number of hydrogen-bond acceptors (Lipinski definition) is 2. The molecule has 0 spiro atoms. The molecule has 2 atom stereocenters. The molecule has 1 rings (SSSR count). The van der Waals surface area contributed by atoms with E-state index in [1.165, 1.54) is 0 Å². The number of esters is 1. The number of ether oxygens (including phenoxy) is 1. The van der Waals surface area contributed by atoms with Gasteiger partial charge in [-0.15, -0.1) is 0 Å². The molecule has 0 saturated heterocycles. The summed E-state index contributed by atoms with van der Waals surface area (Å²) in [4.78, 5) is 11.9. The van der Waals surface area contributed by atoms with Crippen molar-refractivity contribution in [2.24, 2.45) is 0 Å². The first-order valence-corrected chi connectivity index (χ1v) is 6.15. The van der Waals surface area contributed by atoms with Crippen molar-refractivity contribution in [1.82, 2.24) is 0 Å². The van der Waals surface area contributed by atoms with E-state index in [0.717, 1.165) is 23.1 Å². The highest BCUT2D eigenvalue weighted by atomic mass is 16.5. The van der Waals surface area contributed by atoms with Crippen LogP contribution in [0.25, 0.3) is 0 Å². The second-order valence-corrected chi connectivity index (χ2v) is 4.66. The Kier molecular flexibility index (Phi) is 4.73. The van der Waals surface area contributed by atoms with E-state index >= 15 is 0 Å². The molecule has 2 nitrogen and oxygen atoms in total. The topological polar surface area (TPSA) is 26.3 Å². The van der Waals surface area contributed by atoms with Crippen LogP contribution in [0.3, 0.4) is 0 Å². The van der Waals surface area contributed by atoms with Gasteiger partial charge < -0.3 is 4.74 Å². The van der Waals surface area contributed by atoms with Crippen molar-refractivity contribution < 1.29 is 9.53 Å². The lowest BCUT2D eigenvalue weighted by atomic mass is 9.97. The molecular weight excluding hydrogens is 212 g/mol. The second kappa shape index (κ2) is 5.85. The average molecular weight is 233 g/mol. The van der Waals surface area contributed by atoms with E-state index in [9.17, 15) is 4.79 Å². The Bertz CT molecular complexity index is 376. The van der Waals surface area contributed by atoms with Crippen LogP contribution in [0.5, 0.6) is 0 Å². The van der Waals surface area contributed by atoms with Crippen molar-refractivity contribution in [3.8, 4) is 0 Å². The molecule has 2 unspecified atom stereocenters. The van der Waals surface area contributed by atoms with Crippen molar-refractivity contribution in [3.05, 3.63) is 34.9 Å². The van der Waals surface area contributed by atoms with Gasteiger partial charge in [-0.05, 0) is 56.9 Å². The van der Waals surface area contributed by atoms with Crippen LogP contribution in [0, 0.1) is 19.9 Å². The lowest BCUT2D eigenvalue weighted by molar-refractivity contribution is -0.149. The molecule has 1 radical (unpaired) electrons. The maximum Gasteiger partial charge on any atom is 0.313 e. The number of aryl methyl sites for hydroxylation is 2. The molecule has 0 aliphatic carbocycles. The van der Waals surface area contributed by atoms with E-state index in [4.69, 9.17) is 4.74 Å². The zero-order chi connectivity index (χ0) is 13.0. The standard InChI is InChI=1S/C15H21O2/c1-6-12(4)17-15(16)13(5)14-8-10(2)7-11(3)9-14/h8-9,12-13H,6H2,1-5H3. The Labute approximate surface area is 104 Å². The zero-order valence-electron chi connectivity index (χ0n) is 11.3. The van der Waals surface area contributed by atoms with E-state index in [1.807, 2.05) is 46.8 Å². The van der Waals surface area contributed by atoms with Gasteiger partial charge in [0.05, 0.1) is 12.0 Å². The van der Waals surface area contributed by atoms with Crippen LogP contribution < -0.4 is 0 Å². The third-order valence-electron chi connectivity index (χ3n) is 2.91. The Morgan fingerprint density at radius 1 is 1.29 bits per heavy atom. The minimum Gasteiger partial charge on any atom is -0.462 e. The first-order valence-electron chi connectivity index (χ1n) is 6.15. The highest BCUT2D eigenvalue weighted by Gasteiger charge is 2.19. The molecule has 0 bridgehead atoms. The molecule has 0 aromatic heterocycles. The van der Waals surface area contributed by atoms with Crippen LogP contribution in [-0.2, 0) is 9.53 Å². The van der Waals surface area contributed by atoms with Gasteiger partial charge in [-0.1, -0.05) is 19.1 Å². The Morgan fingerprint density at radius 2 is 1.82 bits per heavy atom. The van der Waals surface area contributed by atoms with Gasteiger partial charge in [-0.25, -0.2) is 0 Å². The predicted molar refractivity (Wildman–Crippen MR) is 69.0 cm³/mol. The molecular formula is C15H21O2. The van der Waals surface area contributed by atoms with E-state index in [0.29, 0.717) is 0 Å². The number of carbonyl (C=O) groups excluding carboxylic acids is 1. The van der Waals surface area contributed by atoms with Gasteiger partial charge in [0.25, 0.3) is 0 Å². The highest BCUT2D eigenvalue weighted by Crippen LogP contribution is 2.20. The molecule has 1 aromatic rings. The summed E-state index contributed by atoms with van der Waals surface area (Å²) in [6.45, 7) is 9.79. The third kappa shape index (κ3) is 3.88. The zero-order valence-corrected chi connectivity index (χ0v) is 11.3. The molecule has 0 aliphatic heterocycles. The minimum atomic E-state index is -0.212. The number of carbonyl (C=O) groups is 1. The van der Waals surface area contributed by atoms with Crippen LogP contribution in [-0.4, -0.2) is 12.1 Å². The molecule has 1 aromatic carbocycles. The first-order chi connectivity index (χ1) is 7.93. The van der Waals surface area contributed by atoms with Gasteiger partial charge in [0, 0.05) is 0 Å². The molecule has 0 amide bonds. The number of hydrogen-bond donors (Lipinski definition) is 0. The molecule has 17 heavy (non-hydrogen) atoms. The fourth-order valence-corrected chi connectivity index (χ4v) is 1.69. The maximum absolute atomic E-state index is 11.9. The maximum atomic E-state index is 11.9. The normalized spacial score (nSPS) is 14.2. The SMILES string of the molecule is CCC(C)OC(=O)C(C)c1cc(C)[c]c(C)c1. The summed E-state index contributed by atoms with van der Waals surface area (Å²) in [6.07, 6.45) is 0.835. The van der Waals surface area contributed by atoms with Crippen molar-refractivity contribution in [2.75, 3.05) is 0 Å². The molecule has 0 saturated carbocycles. The lowest BCUT2D eigenvalue weighted by Gasteiger charge is -2.16. The second-order valence-electron chi connectivity index (χ2n) is 4.66. The summed E-state index contributed by atoms with van der Waals surface area (Å²) in [5.74, 6) is -0.361. The van der Waals surface area contributed by atoms with E-state index < -0.39 is 0 Å². The molecule has 93 valence electrons. The van der Waals surface area contributed by atoms with Crippen LogP contribution in [0.4, 0.5) is 0 Å². The van der Waals surface area contributed by atoms with Gasteiger partial charge in [0.1, 0.15) is 0 Å². The average Bonchev–Trinajstić information content (AvgIpc) is 2.26. The largest absolute Gasteiger partial charge is 0.462 e. The van der Waals surface area contributed by atoms with Gasteiger partial charge in [-0.3, -0.25) is 4.79 Å². The van der Waals surface area contributed by atoms with Gasteiger partial charge in [0.15, 0.2) is 0 Å². The van der Waals surface area contributed by atoms with Crippen LogP contribution >= 0.6 is 0 Å². The molecule has 0 aliphatic rings. The van der Waals surface area contributed by atoms with Crippen molar-refractivity contribution in [1.29, 1.82) is 0 Å². The van der Waals surface area contributed by atoms with Gasteiger partial charge >= 0.3 is 5.97 Å². The van der Waals surface area contributed by atoms with E-state index in [-0.39, 0.29) is 18.0 Å². The third-order valence-corrected chi connectivity index (χ3v) is 2.91. The van der Waals surface area contributed by atoms with Gasteiger partial charge in [-0.2, -0.15) is 0 Å². The van der Waals surface area contributed by atoms with E-state index in [2.05, 4.69) is 6.07 Å². The van der Waals surface area contributed by atoms with Crippen LogP contribution in [0.2, 0.25) is 0 Å². The lowest BCUT2D eigenvalue weighted by Crippen LogP contribution is -2.19. The summed E-state index contributed by atoms with van der Waals surface area (Å²) in [7, 11) is 0. The number of rotatable bonds is 4. The summed E-state index contributed by atoms with van der Waals surface area (Å²) in [6, 6.07) is 7.20. The summed E-state index contributed by atoms with van der Waals surface area (Å²) >= 11 is 0. The predicted octanol–water partition coefficient (Wildman–Crippen LogP) is 3.55. The quantitative estimate of drug-likeness (QED) is 0.743. The summed E-state index contributed by atoms with van der Waals surface area (Å²) in [5.41, 5.74) is 3.12. The first kappa shape index (κ1) is 13.8. The molecule has 0 fully saturated rings. The van der Waals surface area contributed by atoms with Crippen molar-refractivity contribution in [3.63, 3.8) is 0 Å². The van der Waals surface area contributed by atoms with E-state index in [1.54, 1.807) is 0 Å². The summed E-state index contributed by atoms with van der Waals surface area (Å²) in [5, 5.41) is 0. The van der Waals surface area contributed by atoms with Gasteiger partial charge in [0.2, 0.25) is 0 Å². The Hall–Kier alpha value is -1.31. The summed E-state index contributed by atoms with van der Waals surface area (Å²) < 4.78 is 5.35. The fourth-order valence-electron chi connectivity index (χ4n) is 1.69.